The summed E-state index contributed by atoms with van der Waals surface area (Å²) in [6, 6.07) is 8.19. The summed E-state index contributed by atoms with van der Waals surface area (Å²) in [6.45, 7) is 20.3. The fourth-order valence-electron chi connectivity index (χ4n) is 5.02. The predicted molar refractivity (Wildman–Crippen MR) is 164 cm³/mol. The Morgan fingerprint density at radius 1 is 1.18 bits per heavy atom. The smallest absolute Gasteiger partial charge is 0.209 e. The monoisotopic (exact) mass is 542 g/mol. The number of carbonyl (C=O) groups is 1. The first kappa shape index (κ1) is 32.1. The number of nitrogens with zero attached hydrogens (tertiary/aromatic N) is 4. The SMILES string of the molecule is CC/C=C/N=C1/CCC(C)/C1=C(/C)N1CCN(C=O)CC1.CCC(C)(C)N(C)CC(C)c1ccc(Cl)cc1. The number of benzene rings is 1. The van der Waals surface area contributed by atoms with Crippen molar-refractivity contribution < 1.29 is 4.79 Å². The van der Waals surface area contributed by atoms with Gasteiger partial charge in [0.2, 0.25) is 6.41 Å². The highest BCUT2D eigenvalue weighted by molar-refractivity contribution is 6.30. The lowest BCUT2D eigenvalue weighted by molar-refractivity contribution is -0.119. The first-order valence-corrected chi connectivity index (χ1v) is 14.8. The molecule has 2 fully saturated rings. The Hall–Kier alpha value is -2.11. The normalized spacial score (nSPS) is 21.6. The molecule has 0 N–H and O–H groups in total. The molecule has 0 spiro atoms. The second-order valence-electron chi connectivity index (χ2n) is 11.4. The fourth-order valence-corrected chi connectivity index (χ4v) is 5.15. The molecular weight excluding hydrogens is 492 g/mol. The van der Waals surface area contributed by atoms with Gasteiger partial charge < -0.3 is 14.7 Å². The summed E-state index contributed by atoms with van der Waals surface area (Å²) in [5.41, 5.74) is 5.65. The number of likely N-dealkylation sites (N-methyl/N-ethyl adjacent to an activating group) is 1. The molecule has 0 aromatic heterocycles. The zero-order chi connectivity index (χ0) is 28.3. The molecule has 1 aromatic carbocycles. The van der Waals surface area contributed by atoms with Gasteiger partial charge in [-0.1, -0.05) is 57.5 Å². The van der Waals surface area contributed by atoms with Gasteiger partial charge in [-0.05, 0) is 88.6 Å². The number of aliphatic imine (C=N–C) groups is 1. The van der Waals surface area contributed by atoms with E-state index in [4.69, 9.17) is 11.6 Å². The first-order chi connectivity index (χ1) is 18.0. The average molecular weight is 543 g/mol. The Balaban J connectivity index is 0.000000273. The van der Waals surface area contributed by atoms with Gasteiger partial charge in [0.25, 0.3) is 0 Å². The van der Waals surface area contributed by atoms with E-state index in [-0.39, 0.29) is 5.54 Å². The third-order valence-corrected chi connectivity index (χ3v) is 8.65. The van der Waals surface area contributed by atoms with E-state index in [1.54, 1.807) is 0 Å². The zero-order valence-corrected chi connectivity index (χ0v) is 25.9. The van der Waals surface area contributed by atoms with Crippen LogP contribution in [0.2, 0.25) is 5.02 Å². The highest BCUT2D eigenvalue weighted by Crippen LogP contribution is 2.32. The molecule has 2 atom stereocenters. The number of halogens is 1. The minimum absolute atomic E-state index is 0.265. The quantitative estimate of drug-likeness (QED) is 0.305. The van der Waals surface area contributed by atoms with Crippen LogP contribution in [-0.2, 0) is 4.79 Å². The van der Waals surface area contributed by atoms with Gasteiger partial charge in [-0.2, -0.15) is 0 Å². The summed E-state index contributed by atoms with van der Waals surface area (Å²) in [5.74, 6) is 1.12. The van der Waals surface area contributed by atoms with Crippen molar-refractivity contribution in [1.82, 2.24) is 14.7 Å². The van der Waals surface area contributed by atoms with E-state index in [1.165, 1.54) is 29.0 Å². The summed E-state index contributed by atoms with van der Waals surface area (Å²) >= 11 is 5.91. The molecule has 6 heteroatoms. The van der Waals surface area contributed by atoms with E-state index >= 15 is 0 Å². The molecule has 0 radical (unpaired) electrons. The van der Waals surface area contributed by atoms with Gasteiger partial charge in [0.1, 0.15) is 0 Å². The van der Waals surface area contributed by atoms with Gasteiger partial charge in [0, 0.05) is 60.9 Å². The molecule has 3 rings (SSSR count). The van der Waals surface area contributed by atoms with Crippen molar-refractivity contribution in [3.05, 3.63) is 58.4 Å². The minimum atomic E-state index is 0.265. The van der Waals surface area contributed by atoms with Crippen LogP contribution in [-0.4, -0.2) is 72.1 Å². The molecule has 0 bridgehead atoms. The van der Waals surface area contributed by atoms with Crippen molar-refractivity contribution in [2.75, 3.05) is 39.8 Å². The molecule has 1 aliphatic heterocycles. The fraction of sp³-hybridized carbons (Fsp3) is 0.625. The van der Waals surface area contributed by atoms with Crippen molar-refractivity contribution in [3.8, 4) is 0 Å². The predicted octanol–water partition coefficient (Wildman–Crippen LogP) is 7.39. The maximum atomic E-state index is 10.8. The van der Waals surface area contributed by atoms with Crippen LogP contribution in [0.5, 0.6) is 0 Å². The Kier molecular flexibility index (Phi) is 13.1. The van der Waals surface area contributed by atoms with Crippen molar-refractivity contribution >= 4 is 23.7 Å². The van der Waals surface area contributed by atoms with Gasteiger partial charge >= 0.3 is 0 Å². The van der Waals surface area contributed by atoms with Crippen LogP contribution in [0, 0.1) is 5.92 Å². The summed E-state index contributed by atoms with van der Waals surface area (Å²) in [4.78, 5) is 22.2. The molecule has 5 nitrogen and oxygen atoms in total. The third-order valence-electron chi connectivity index (χ3n) is 8.40. The molecule has 1 heterocycles. The van der Waals surface area contributed by atoms with E-state index in [0.717, 1.165) is 63.4 Å². The second-order valence-corrected chi connectivity index (χ2v) is 11.9. The number of carbonyl (C=O) groups excluding carboxylic acids is 1. The van der Waals surface area contributed by atoms with Crippen LogP contribution in [0.4, 0.5) is 0 Å². The number of hydrogen-bond donors (Lipinski definition) is 0. The van der Waals surface area contributed by atoms with Gasteiger partial charge in [0.15, 0.2) is 0 Å². The molecule has 1 amide bonds. The lowest BCUT2D eigenvalue weighted by atomic mass is 9.95. The van der Waals surface area contributed by atoms with Crippen LogP contribution in [0.25, 0.3) is 0 Å². The van der Waals surface area contributed by atoms with Gasteiger partial charge in [-0.25, -0.2) is 0 Å². The number of piperazine rings is 1. The van der Waals surface area contributed by atoms with Crippen LogP contribution in [0.1, 0.15) is 85.6 Å². The van der Waals surface area contributed by atoms with Crippen molar-refractivity contribution in [2.45, 2.75) is 85.6 Å². The number of rotatable bonds is 9. The van der Waals surface area contributed by atoms with Crippen molar-refractivity contribution in [3.63, 3.8) is 0 Å². The van der Waals surface area contributed by atoms with Crippen molar-refractivity contribution in [2.24, 2.45) is 10.9 Å². The summed E-state index contributed by atoms with van der Waals surface area (Å²) in [6.07, 6.45) is 9.47. The second kappa shape index (κ2) is 15.5. The number of hydrogen-bond acceptors (Lipinski definition) is 4. The Labute approximate surface area is 237 Å². The van der Waals surface area contributed by atoms with Crippen LogP contribution < -0.4 is 0 Å². The third kappa shape index (κ3) is 9.27. The van der Waals surface area contributed by atoms with Gasteiger partial charge in [0.05, 0.1) is 0 Å². The Bertz CT molecular complexity index is 958. The highest BCUT2D eigenvalue weighted by Gasteiger charge is 2.28. The largest absolute Gasteiger partial charge is 0.371 e. The maximum Gasteiger partial charge on any atom is 0.209 e. The number of amides is 1. The van der Waals surface area contributed by atoms with Crippen LogP contribution >= 0.6 is 11.6 Å². The van der Waals surface area contributed by atoms with E-state index in [2.05, 4.69) is 88.5 Å². The summed E-state index contributed by atoms with van der Waals surface area (Å²) < 4.78 is 0. The van der Waals surface area contributed by atoms with E-state index in [9.17, 15) is 4.79 Å². The van der Waals surface area contributed by atoms with Gasteiger partial charge in [-0.3, -0.25) is 9.79 Å². The lowest BCUT2D eigenvalue weighted by Crippen LogP contribution is -2.45. The Morgan fingerprint density at radius 2 is 1.82 bits per heavy atom. The van der Waals surface area contributed by atoms with Gasteiger partial charge in [-0.15, -0.1) is 0 Å². The molecule has 1 aliphatic carbocycles. The van der Waals surface area contributed by atoms with E-state index in [1.807, 2.05) is 23.2 Å². The molecule has 212 valence electrons. The van der Waals surface area contributed by atoms with E-state index < -0.39 is 0 Å². The van der Waals surface area contributed by atoms with Crippen molar-refractivity contribution in [1.29, 1.82) is 0 Å². The summed E-state index contributed by atoms with van der Waals surface area (Å²) in [7, 11) is 2.20. The lowest BCUT2D eigenvalue weighted by Gasteiger charge is -2.36. The molecule has 2 unspecified atom stereocenters. The first-order valence-electron chi connectivity index (χ1n) is 14.4. The molecular formula is C32H51ClN4O. The molecule has 38 heavy (non-hydrogen) atoms. The van der Waals surface area contributed by atoms with Crippen LogP contribution in [0.15, 0.2) is 52.8 Å². The minimum Gasteiger partial charge on any atom is -0.371 e. The highest BCUT2D eigenvalue weighted by atomic mass is 35.5. The zero-order valence-electron chi connectivity index (χ0n) is 25.1. The molecule has 2 aliphatic rings. The molecule has 1 saturated heterocycles. The standard InChI is InChI=1S/C17H27N3O.C15H24ClN/c1-4-5-8-18-16-7-6-14(2)17(16)15(3)20-11-9-19(13-21)10-12-20;1-6-15(3,4)17(5)11-12(2)13-7-9-14(16)10-8-13/h5,8,13-14H,4,6-7,9-12H2,1-3H3;7-10,12H,6,11H2,1-5H3/b8-5+,17-15+,18-16-;. The molecule has 1 saturated carbocycles. The summed E-state index contributed by atoms with van der Waals surface area (Å²) in [5, 5.41) is 0.809. The number of allylic oxidation sites excluding steroid dienone is 3. The average Bonchev–Trinajstić information content (AvgIpc) is 3.29. The van der Waals surface area contributed by atoms with E-state index in [0.29, 0.717) is 11.8 Å². The topological polar surface area (TPSA) is 39.1 Å². The maximum absolute atomic E-state index is 10.8. The Morgan fingerprint density at radius 3 is 2.37 bits per heavy atom. The molecule has 1 aromatic rings. The van der Waals surface area contributed by atoms with Crippen LogP contribution in [0.3, 0.4) is 0 Å².